The van der Waals surface area contributed by atoms with Gasteiger partial charge >= 0.3 is 0 Å². The van der Waals surface area contributed by atoms with E-state index in [1.54, 1.807) is 19.2 Å². The number of carbonyl (C=O) groups excluding carboxylic acids is 1. The lowest BCUT2D eigenvalue weighted by Gasteiger charge is -2.29. The fourth-order valence-electron chi connectivity index (χ4n) is 3.88. The molecule has 3 aromatic rings. The highest BCUT2D eigenvalue weighted by Crippen LogP contribution is 2.31. The van der Waals surface area contributed by atoms with Crippen LogP contribution in [-0.2, 0) is 6.54 Å². The molecule has 1 fully saturated rings. The molecule has 2 heterocycles. The third kappa shape index (κ3) is 4.61. The van der Waals surface area contributed by atoms with Crippen molar-refractivity contribution in [1.29, 1.82) is 0 Å². The van der Waals surface area contributed by atoms with Gasteiger partial charge in [-0.15, -0.1) is 0 Å². The van der Waals surface area contributed by atoms with Gasteiger partial charge in [-0.05, 0) is 56.1 Å². The number of hydrogen-bond donors (Lipinski definition) is 2. The van der Waals surface area contributed by atoms with Gasteiger partial charge in [-0.1, -0.05) is 30.3 Å². The zero-order chi connectivity index (χ0) is 20.9. The van der Waals surface area contributed by atoms with Gasteiger partial charge in [0.2, 0.25) is 5.88 Å². The Hall–Kier alpha value is -2.96. The second kappa shape index (κ2) is 9.24. The van der Waals surface area contributed by atoms with Crippen molar-refractivity contribution in [1.82, 2.24) is 20.5 Å². The number of nitrogens with zero attached hydrogens (tertiary/aromatic N) is 2. The van der Waals surface area contributed by atoms with Crippen LogP contribution in [0.1, 0.15) is 28.8 Å². The lowest BCUT2D eigenvalue weighted by molar-refractivity contribution is 0.0962. The maximum absolute atomic E-state index is 11.7. The number of ether oxygens (including phenoxy) is 1. The van der Waals surface area contributed by atoms with E-state index in [0.717, 1.165) is 30.8 Å². The summed E-state index contributed by atoms with van der Waals surface area (Å²) in [5.41, 5.74) is 1.77. The van der Waals surface area contributed by atoms with Crippen LogP contribution in [0.4, 0.5) is 0 Å². The highest BCUT2D eigenvalue weighted by molar-refractivity contribution is 5.93. The smallest absolute Gasteiger partial charge is 0.252 e. The van der Waals surface area contributed by atoms with E-state index >= 15 is 0 Å². The Bertz CT molecular complexity index is 1010. The minimum absolute atomic E-state index is 0.166. The standard InChI is InChI=1S/C24H28N4O2/c1-25-24(29)18-8-10-23(27-16-18)30-22-9-7-17(20-5-3-4-6-21(20)22)15-26-19-11-13-28(2)14-12-19/h3-10,16,19,26H,11-15H2,1-2H3,(H,25,29). The number of likely N-dealkylation sites (tertiary alicyclic amines) is 1. The first-order valence-electron chi connectivity index (χ1n) is 10.4. The summed E-state index contributed by atoms with van der Waals surface area (Å²) in [4.78, 5) is 18.3. The summed E-state index contributed by atoms with van der Waals surface area (Å²) in [6.07, 6.45) is 3.90. The molecule has 2 aromatic carbocycles. The normalized spacial score (nSPS) is 15.3. The van der Waals surface area contributed by atoms with Crippen LogP contribution in [0.15, 0.2) is 54.7 Å². The van der Waals surface area contributed by atoms with Crippen molar-refractivity contribution >= 4 is 16.7 Å². The number of benzene rings is 2. The van der Waals surface area contributed by atoms with E-state index in [1.807, 2.05) is 12.1 Å². The first-order valence-corrected chi connectivity index (χ1v) is 10.4. The quantitative estimate of drug-likeness (QED) is 0.658. The van der Waals surface area contributed by atoms with Gasteiger partial charge in [0.25, 0.3) is 5.91 Å². The van der Waals surface area contributed by atoms with Crippen molar-refractivity contribution in [2.45, 2.75) is 25.4 Å². The highest BCUT2D eigenvalue weighted by Gasteiger charge is 2.16. The molecule has 0 saturated carbocycles. The van der Waals surface area contributed by atoms with E-state index in [4.69, 9.17) is 4.74 Å². The number of piperidine rings is 1. The molecule has 1 amide bonds. The fraction of sp³-hybridized carbons (Fsp3) is 0.333. The summed E-state index contributed by atoms with van der Waals surface area (Å²) >= 11 is 0. The van der Waals surface area contributed by atoms with Gasteiger partial charge in [0.05, 0.1) is 5.56 Å². The largest absolute Gasteiger partial charge is 0.438 e. The average molecular weight is 405 g/mol. The summed E-state index contributed by atoms with van der Waals surface area (Å²) in [6, 6.07) is 16.4. The van der Waals surface area contributed by atoms with Crippen molar-refractivity contribution in [3.05, 3.63) is 65.9 Å². The SMILES string of the molecule is CNC(=O)c1ccc(Oc2ccc(CNC3CCN(C)CC3)c3ccccc23)nc1. The van der Waals surface area contributed by atoms with Crippen molar-refractivity contribution in [3.63, 3.8) is 0 Å². The van der Waals surface area contributed by atoms with Crippen LogP contribution in [0, 0.1) is 0 Å². The lowest BCUT2D eigenvalue weighted by atomic mass is 10.0. The molecule has 0 aliphatic carbocycles. The molecule has 0 radical (unpaired) electrons. The zero-order valence-electron chi connectivity index (χ0n) is 17.5. The molecular formula is C24H28N4O2. The predicted molar refractivity (Wildman–Crippen MR) is 119 cm³/mol. The summed E-state index contributed by atoms with van der Waals surface area (Å²) in [5, 5.41) is 8.55. The third-order valence-corrected chi connectivity index (χ3v) is 5.71. The number of nitrogens with one attached hydrogen (secondary N) is 2. The van der Waals surface area contributed by atoms with Crippen molar-refractivity contribution in [2.24, 2.45) is 0 Å². The molecule has 4 rings (SSSR count). The third-order valence-electron chi connectivity index (χ3n) is 5.71. The Kier molecular flexibility index (Phi) is 6.26. The maximum atomic E-state index is 11.7. The van der Waals surface area contributed by atoms with Crippen LogP contribution in [0.5, 0.6) is 11.6 Å². The molecule has 6 nitrogen and oxygen atoms in total. The van der Waals surface area contributed by atoms with E-state index in [0.29, 0.717) is 17.5 Å². The van der Waals surface area contributed by atoms with Gasteiger partial charge in [0.1, 0.15) is 5.75 Å². The van der Waals surface area contributed by atoms with Gasteiger partial charge in [-0.2, -0.15) is 0 Å². The van der Waals surface area contributed by atoms with Gasteiger partial charge in [0, 0.05) is 37.3 Å². The second-order valence-corrected chi connectivity index (χ2v) is 7.79. The number of hydrogen-bond acceptors (Lipinski definition) is 5. The molecule has 0 bridgehead atoms. The molecule has 0 spiro atoms. The van der Waals surface area contributed by atoms with E-state index in [-0.39, 0.29) is 5.91 Å². The van der Waals surface area contributed by atoms with Gasteiger partial charge < -0.3 is 20.3 Å². The number of carbonyl (C=O) groups is 1. The zero-order valence-corrected chi connectivity index (χ0v) is 17.5. The molecule has 0 atom stereocenters. The van der Waals surface area contributed by atoms with Crippen LogP contribution in [0.2, 0.25) is 0 Å². The first kappa shape index (κ1) is 20.3. The Labute approximate surface area is 177 Å². The van der Waals surface area contributed by atoms with Crippen LogP contribution >= 0.6 is 0 Å². The molecule has 6 heteroatoms. The Balaban J connectivity index is 1.51. The fourth-order valence-corrected chi connectivity index (χ4v) is 3.88. The monoisotopic (exact) mass is 404 g/mol. The molecule has 1 saturated heterocycles. The van der Waals surface area contributed by atoms with E-state index in [1.165, 1.54) is 30.0 Å². The highest BCUT2D eigenvalue weighted by atomic mass is 16.5. The average Bonchev–Trinajstić information content (AvgIpc) is 2.79. The minimum atomic E-state index is -0.166. The summed E-state index contributed by atoms with van der Waals surface area (Å²) < 4.78 is 6.05. The number of aromatic nitrogens is 1. The van der Waals surface area contributed by atoms with Gasteiger partial charge in [-0.3, -0.25) is 4.79 Å². The van der Waals surface area contributed by atoms with Gasteiger partial charge in [0.15, 0.2) is 0 Å². The Morgan fingerprint density at radius 3 is 2.57 bits per heavy atom. The molecule has 1 aliphatic rings. The van der Waals surface area contributed by atoms with Crippen LogP contribution in [0.25, 0.3) is 10.8 Å². The minimum Gasteiger partial charge on any atom is -0.438 e. The molecule has 156 valence electrons. The second-order valence-electron chi connectivity index (χ2n) is 7.79. The number of amides is 1. The number of fused-ring (bicyclic) bond motifs is 1. The summed E-state index contributed by atoms with van der Waals surface area (Å²) in [7, 11) is 3.78. The van der Waals surface area contributed by atoms with Gasteiger partial charge in [-0.25, -0.2) is 4.98 Å². The Morgan fingerprint density at radius 2 is 1.87 bits per heavy atom. The van der Waals surface area contributed by atoms with Crippen LogP contribution < -0.4 is 15.4 Å². The van der Waals surface area contributed by atoms with Crippen LogP contribution in [-0.4, -0.2) is 49.0 Å². The lowest BCUT2D eigenvalue weighted by Crippen LogP contribution is -2.40. The van der Waals surface area contributed by atoms with Crippen LogP contribution in [0.3, 0.4) is 0 Å². The maximum Gasteiger partial charge on any atom is 0.252 e. The number of rotatable bonds is 6. The van der Waals surface area contributed by atoms with Crippen molar-refractivity contribution in [3.8, 4) is 11.6 Å². The summed E-state index contributed by atoms with van der Waals surface area (Å²) in [5.74, 6) is 1.06. The molecule has 1 aromatic heterocycles. The molecular weight excluding hydrogens is 376 g/mol. The van der Waals surface area contributed by atoms with E-state index in [2.05, 4.69) is 51.8 Å². The van der Waals surface area contributed by atoms with E-state index < -0.39 is 0 Å². The molecule has 30 heavy (non-hydrogen) atoms. The van der Waals surface area contributed by atoms with Crippen molar-refractivity contribution < 1.29 is 9.53 Å². The van der Waals surface area contributed by atoms with Crippen molar-refractivity contribution in [2.75, 3.05) is 27.2 Å². The molecule has 0 unspecified atom stereocenters. The van der Waals surface area contributed by atoms with E-state index in [9.17, 15) is 4.79 Å². The Morgan fingerprint density at radius 1 is 1.10 bits per heavy atom. The number of pyridine rings is 1. The molecule has 2 N–H and O–H groups in total. The molecule has 1 aliphatic heterocycles. The topological polar surface area (TPSA) is 66.5 Å². The first-order chi connectivity index (χ1) is 14.6. The predicted octanol–water partition coefficient (Wildman–Crippen LogP) is 3.57. The summed E-state index contributed by atoms with van der Waals surface area (Å²) in [6.45, 7) is 3.14.